The van der Waals surface area contributed by atoms with Crippen molar-refractivity contribution < 1.29 is 9.90 Å². The van der Waals surface area contributed by atoms with Crippen molar-refractivity contribution >= 4 is 5.97 Å². The summed E-state index contributed by atoms with van der Waals surface area (Å²) in [5.41, 5.74) is 4.51. The fraction of sp³-hybridized carbons (Fsp3) is 0. The van der Waals surface area contributed by atoms with Crippen LogP contribution in [0.2, 0.25) is 0 Å². The van der Waals surface area contributed by atoms with Gasteiger partial charge in [-0.25, -0.2) is 4.79 Å². The lowest BCUT2D eigenvalue weighted by Crippen LogP contribution is -1.94. The molecule has 0 saturated heterocycles. The molecule has 0 aliphatic heterocycles. The van der Waals surface area contributed by atoms with E-state index < -0.39 is 5.97 Å². The first-order chi connectivity index (χ1) is 13.1. The van der Waals surface area contributed by atoms with Gasteiger partial charge in [0.25, 0.3) is 0 Å². The SMILES string of the molecule is C#Cc1ccc(C#Cc2ccc(C#Cc3ccc(C(=O)O)cc3)cc2)cc1. The van der Waals surface area contributed by atoms with E-state index in [4.69, 9.17) is 11.5 Å². The van der Waals surface area contributed by atoms with Crippen molar-refractivity contribution in [3.05, 3.63) is 106 Å². The van der Waals surface area contributed by atoms with Crippen LogP contribution in [0.3, 0.4) is 0 Å². The molecular weight excluding hydrogens is 332 g/mol. The Morgan fingerprint density at radius 3 is 1.19 bits per heavy atom. The third-order valence-corrected chi connectivity index (χ3v) is 3.77. The van der Waals surface area contributed by atoms with Gasteiger partial charge >= 0.3 is 5.97 Å². The molecule has 0 amide bonds. The highest BCUT2D eigenvalue weighted by Gasteiger charge is 2.00. The Kier molecular flexibility index (Phi) is 5.39. The standard InChI is InChI=1S/C25H14O2/c1-2-19-3-5-20(6-4-19)7-8-21-9-11-22(12-10-21)13-14-23-15-17-24(18-16-23)25(26)27/h1,3-6,9-12,15-18H,(H,26,27). The van der Waals surface area contributed by atoms with Crippen LogP contribution in [0.1, 0.15) is 38.2 Å². The van der Waals surface area contributed by atoms with Gasteiger partial charge in [0.05, 0.1) is 5.56 Å². The van der Waals surface area contributed by atoms with Crippen molar-refractivity contribution in [2.45, 2.75) is 0 Å². The predicted molar refractivity (Wildman–Crippen MR) is 106 cm³/mol. The quantitative estimate of drug-likeness (QED) is 0.672. The molecule has 3 aromatic carbocycles. The molecular formula is C25H14O2. The molecule has 3 rings (SSSR count). The topological polar surface area (TPSA) is 37.3 Å². The summed E-state index contributed by atoms with van der Waals surface area (Å²) in [5.74, 6) is 13.9. The number of hydrogen-bond donors (Lipinski definition) is 1. The van der Waals surface area contributed by atoms with E-state index in [0.29, 0.717) is 0 Å². The van der Waals surface area contributed by atoms with Crippen LogP contribution in [0.4, 0.5) is 0 Å². The van der Waals surface area contributed by atoms with Gasteiger partial charge in [-0.05, 0) is 72.8 Å². The Labute approximate surface area is 158 Å². The molecule has 1 N–H and O–H groups in total. The molecule has 0 spiro atoms. The van der Waals surface area contributed by atoms with E-state index in [1.165, 1.54) is 0 Å². The number of terminal acetylenes is 1. The summed E-state index contributed by atoms with van der Waals surface area (Å²) in [4.78, 5) is 10.8. The van der Waals surface area contributed by atoms with Crippen LogP contribution in [-0.2, 0) is 0 Å². The first-order valence-electron chi connectivity index (χ1n) is 8.18. The third-order valence-electron chi connectivity index (χ3n) is 3.77. The molecule has 3 aromatic rings. The Bertz CT molecular complexity index is 1120. The lowest BCUT2D eigenvalue weighted by Gasteiger charge is -1.95. The molecule has 2 heteroatoms. The second-order valence-corrected chi connectivity index (χ2v) is 5.68. The number of rotatable bonds is 1. The molecule has 27 heavy (non-hydrogen) atoms. The minimum atomic E-state index is -0.946. The van der Waals surface area contributed by atoms with E-state index in [0.717, 1.165) is 27.8 Å². The first kappa shape index (κ1) is 17.6. The molecule has 0 saturated carbocycles. The molecule has 0 heterocycles. The molecule has 2 nitrogen and oxygen atoms in total. The van der Waals surface area contributed by atoms with Gasteiger partial charge in [-0.2, -0.15) is 0 Å². The van der Waals surface area contributed by atoms with Gasteiger partial charge in [0.2, 0.25) is 0 Å². The van der Waals surface area contributed by atoms with Crippen molar-refractivity contribution in [3.8, 4) is 36.0 Å². The summed E-state index contributed by atoms with van der Waals surface area (Å²) in [5, 5.41) is 8.89. The van der Waals surface area contributed by atoms with Crippen molar-refractivity contribution in [2.75, 3.05) is 0 Å². The Morgan fingerprint density at radius 2 is 0.889 bits per heavy atom. The minimum Gasteiger partial charge on any atom is -0.478 e. The Balaban J connectivity index is 1.70. The van der Waals surface area contributed by atoms with E-state index in [2.05, 4.69) is 29.6 Å². The zero-order valence-electron chi connectivity index (χ0n) is 14.4. The van der Waals surface area contributed by atoms with Gasteiger partial charge in [0, 0.05) is 27.8 Å². The highest BCUT2D eigenvalue weighted by Crippen LogP contribution is 2.06. The van der Waals surface area contributed by atoms with Crippen LogP contribution in [0.15, 0.2) is 72.8 Å². The fourth-order valence-electron chi connectivity index (χ4n) is 2.27. The molecule has 0 aliphatic carbocycles. The van der Waals surface area contributed by atoms with Gasteiger partial charge in [0.15, 0.2) is 0 Å². The van der Waals surface area contributed by atoms with Crippen molar-refractivity contribution in [3.63, 3.8) is 0 Å². The molecule has 0 bridgehead atoms. The van der Waals surface area contributed by atoms with Crippen LogP contribution in [0.5, 0.6) is 0 Å². The molecule has 126 valence electrons. The number of carboxylic acids is 1. The summed E-state index contributed by atoms with van der Waals surface area (Å²) < 4.78 is 0. The smallest absolute Gasteiger partial charge is 0.335 e. The molecule has 0 aliphatic rings. The zero-order chi connectivity index (χ0) is 19.1. The number of carboxylic acid groups (broad SMARTS) is 1. The van der Waals surface area contributed by atoms with E-state index in [1.807, 2.05) is 48.5 Å². The molecule has 0 fully saturated rings. The maximum Gasteiger partial charge on any atom is 0.335 e. The van der Waals surface area contributed by atoms with E-state index >= 15 is 0 Å². The van der Waals surface area contributed by atoms with E-state index in [-0.39, 0.29) is 5.56 Å². The van der Waals surface area contributed by atoms with Crippen molar-refractivity contribution in [2.24, 2.45) is 0 Å². The van der Waals surface area contributed by atoms with Crippen LogP contribution < -0.4 is 0 Å². The average molecular weight is 346 g/mol. The largest absolute Gasteiger partial charge is 0.478 e. The second kappa shape index (κ2) is 8.26. The minimum absolute atomic E-state index is 0.248. The van der Waals surface area contributed by atoms with E-state index in [1.54, 1.807) is 24.3 Å². The number of aromatic carboxylic acids is 1. The van der Waals surface area contributed by atoms with E-state index in [9.17, 15) is 4.79 Å². The Morgan fingerprint density at radius 1 is 0.593 bits per heavy atom. The molecule has 0 radical (unpaired) electrons. The fourth-order valence-corrected chi connectivity index (χ4v) is 2.27. The second-order valence-electron chi connectivity index (χ2n) is 5.68. The molecule has 0 atom stereocenters. The molecule has 0 unspecified atom stereocenters. The van der Waals surface area contributed by atoms with Crippen LogP contribution in [0, 0.1) is 36.0 Å². The highest BCUT2D eigenvalue weighted by molar-refractivity contribution is 5.87. The van der Waals surface area contributed by atoms with Gasteiger partial charge in [-0.1, -0.05) is 29.6 Å². The predicted octanol–water partition coefficient (Wildman–Crippen LogP) is 4.17. The number of benzene rings is 3. The Hall–Kier alpha value is -4.19. The highest BCUT2D eigenvalue weighted by atomic mass is 16.4. The van der Waals surface area contributed by atoms with Gasteiger partial charge in [-0.15, -0.1) is 6.42 Å². The number of hydrogen-bond acceptors (Lipinski definition) is 1. The van der Waals surface area contributed by atoms with Crippen molar-refractivity contribution in [1.82, 2.24) is 0 Å². The average Bonchev–Trinajstić information content (AvgIpc) is 2.72. The third kappa shape index (κ3) is 4.90. The molecule has 0 aromatic heterocycles. The summed E-state index contributed by atoms with van der Waals surface area (Å²) in [6, 6.07) is 21.7. The van der Waals surface area contributed by atoms with Gasteiger partial charge in [0.1, 0.15) is 0 Å². The zero-order valence-corrected chi connectivity index (χ0v) is 14.4. The summed E-state index contributed by atoms with van der Waals surface area (Å²) in [6.45, 7) is 0. The van der Waals surface area contributed by atoms with Crippen LogP contribution in [-0.4, -0.2) is 11.1 Å². The number of carbonyl (C=O) groups is 1. The maximum atomic E-state index is 10.8. The maximum absolute atomic E-state index is 10.8. The lowest BCUT2D eigenvalue weighted by atomic mass is 10.1. The van der Waals surface area contributed by atoms with Gasteiger partial charge in [-0.3, -0.25) is 0 Å². The first-order valence-corrected chi connectivity index (χ1v) is 8.18. The van der Waals surface area contributed by atoms with Gasteiger partial charge < -0.3 is 5.11 Å². The summed E-state index contributed by atoms with van der Waals surface area (Å²) >= 11 is 0. The normalized spacial score (nSPS) is 9.15. The summed E-state index contributed by atoms with van der Waals surface area (Å²) in [6.07, 6.45) is 5.34. The lowest BCUT2D eigenvalue weighted by molar-refractivity contribution is 0.0697. The monoisotopic (exact) mass is 346 g/mol. The van der Waals surface area contributed by atoms with Crippen LogP contribution in [0.25, 0.3) is 0 Å². The summed E-state index contributed by atoms with van der Waals surface area (Å²) in [7, 11) is 0. The van der Waals surface area contributed by atoms with Crippen LogP contribution >= 0.6 is 0 Å². The van der Waals surface area contributed by atoms with Crippen molar-refractivity contribution in [1.29, 1.82) is 0 Å².